The summed E-state index contributed by atoms with van der Waals surface area (Å²) in [6.45, 7) is 2.46. The summed E-state index contributed by atoms with van der Waals surface area (Å²) in [7, 11) is 3.67. The van der Waals surface area contributed by atoms with Gasteiger partial charge in [-0.2, -0.15) is 5.10 Å². The van der Waals surface area contributed by atoms with Crippen molar-refractivity contribution >= 4 is 5.91 Å². The predicted molar refractivity (Wildman–Crippen MR) is 103 cm³/mol. The Morgan fingerprint density at radius 1 is 1.22 bits per heavy atom. The molecular formula is C21H22N4O2. The number of carbonyl (C=O) groups excluding carboxylic acids is 1. The standard InChI is InChI=1S/C21H22N4O2/c1-14-22-20(23-25(14)3)15-8-10-16(11-9-15)21(26)24(2)13-18-12-17-6-4-5-7-19(17)27-18/h4-11,18H,12-13H2,1-3H3/t18-/m0/s1. The van der Waals surface area contributed by atoms with Crippen molar-refractivity contribution in [3.8, 4) is 17.1 Å². The fraction of sp³-hybridized carbons (Fsp3) is 0.286. The highest BCUT2D eigenvalue weighted by molar-refractivity contribution is 5.94. The third-order valence-corrected chi connectivity index (χ3v) is 4.91. The van der Waals surface area contributed by atoms with Crippen molar-refractivity contribution in [3.63, 3.8) is 0 Å². The number of rotatable bonds is 4. The quantitative estimate of drug-likeness (QED) is 0.716. The summed E-state index contributed by atoms with van der Waals surface area (Å²) in [5, 5.41) is 4.37. The summed E-state index contributed by atoms with van der Waals surface area (Å²) in [4.78, 5) is 18.9. The number of benzene rings is 2. The molecule has 0 aliphatic carbocycles. The first-order valence-electron chi connectivity index (χ1n) is 8.99. The van der Waals surface area contributed by atoms with Crippen molar-refractivity contribution in [2.45, 2.75) is 19.4 Å². The highest BCUT2D eigenvalue weighted by Gasteiger charge is 2.25. The fourth-order valence-electron chi connectivity index (χ4n) is 3.31. The molecule has 0 unspecified atom stereocenters. The Morgan fingerprint density at radius 2 is 1.96 bits per heavy atom. The first kappa shape index (κ1) is 17.3. The molecule has 6 nitrogen and oxygen atoms in total. The van der Waals surface area contributed by atoms with Crippen molar-refractivity contribution in [2.75, 3.05) is 13.6 Å². The van der Waals surface area contributed by atoms with Gasteiger partial charge in [-0.25, -0.2) is 4.98 Å². The van der Waals surface area contributed by atoms with E-state index in [0.29, 0.717) is 17.9 Å². The van der Waals surface area contributed by atoms with Crippen LogP contribution in [0.25, 0.3) is 11.4 Å². The van der Waals surface area contributed by atoms with Gasteiger partial charge in [-0.1, -0.05) is 30.3 Å². The Bertz CT molecular complexity index is 934. The van der Waals surface area contributed by atoms with Gasteiger partial charge in [0.2, 0.25) is 0 Å². The topological polar surface area (TPSA) is 60.3 Å². The third kappa shape index (κ3) is 3.43. The number of amides is 1. The number of para-hydroxylation sites is 1. The van der Waals surface area contributed by atoms with Crippen LogP contribution in [-0.2, 0) is 13.5 Å². The van der Waals surface area contributed by atoms with Crippen molar-refractivity contribution in [2.24, 2.45) is 7.05 Å². The van der Waals surface area contributed by atoms with Gasteiger partial charge < -0.3 is 9.64 Å². The van der Waals surface area contributed by atoms with Crippen LogP contribution in [0.15, 0.2) is 48.5 Å². The lowest BCUT2D eigenvalue weighted by atomic mass is 10.1. The minimum Gasteiger partial charge on any atom is -0.488 e. The van der Waals surface area contributed by atoms with Crippen LogP contribution in [0.4, 0.5) is 0 Å². The highest BCUT2D eigenvalue weighted by Crippen LogP contribution is 2.28. The molecule has 4 rings (SSSR count). The summed E-state index contributed by atoms with van der Waals surface area (Å²) >= 11 is 0. The number of hydrogen-bond acceptors (Lipinski definition) is 4. The van der Waals surface area contributed by atoms with Gasteiger partial charge in [-0.15, -0.1) is 0 Å². The van der Waals surface area contributed by atoms with Gasteiger partial charge in [0.1, 0.15) is 17.7 Å². The van der Waals surface area contributed by atoms with E-state index in [9.17, 15) is 4.79 Å². The Labute approximate surface area is 158 Å². The van der Waals surface area contributed by atoms with Crippen molar-refractivity contribution < 1.29 is 9.53 Å². The average Bonchev–Trinajstić information content (AvgIpc) is 3.23. The van der Waals surface area contributed by atoms with Gasteiger partial charge in [0.15, 0.2) is 5.82 Å². The molecule has 0 bridgehead atoms. The largest absolute Gasteiger partial charge is 0.488 e. The van der Waals surface area contributed by atoms with Crippen LogP contribution < -0.4 is 4.74 Å². The number of nitrogens with zero attached hydrogens (tertiary/aromatic N) is 4. The summed E-state index contributed by atoms with van der Waals surface area (Å²) in [6.07, 6.45) is 0.827. The first-order valence-corrected chi connectivity index (χ1v) is 8.99. The molecule has 27 heavy (non-hydrogen) atoms. The van der Waals surface area contributed by atoms with E-state index in [1.165, 1.54) is 5.56 Å². The molecule has 0 fully saturated rings. The SMILES string of the molecule is Cc1nc(-c2ccc(C(=O)N(C)C[C@@H]3Cc4ccccc4O3)cc2)nn1C. The average molecular weight is 362 g/mol. The number of ether oxygens (including phenoxy) is 1. The zero-order chi connectivity index (χ0) is 19.0. The number of fused-ring (bicyclic) bond motifs is 1. The molecule has 138 valence electrons. The number of aromatic nitrogens is 3. The maximum Gasteiger partial charge on any atom is 0.253 e. The first-order chi connectivity index (χ1) is 13.0. The minimum absolute atomic E-state index is 0.00341. The van der Waals surface area contributed by atoms with E-state index in [1.54, 1.807) is 9.58 Å². The van der Waals surface area contributed by atoms with Crippen LogP contribution in [0, 0.1) is 6.92 Å². The fourth-order valence-corrected chi connectivity index (χ4v) is 3.31. The third-order valence-electron chi connectivity index (χ3n) is 4.91. The smallest absolute Gasteiger partial charge is 0.253 e. The zero-order valence-electron chi connectivity index (χ0n) is 15.7. The highest BCUT2D eigenvalue weighted by atomic mass is 16.5. The van der Waals surface area contributed by atoms with Crippen molar-refractivity contribution in [3.05, 3.63) is 65.5 Å². The predicted octanol–water partition coefficient (Wildman–Crippen LogP) is 2.87. The summed E-state index contributed by atoms with van der Waals surface area (Å²) in [5.74, 6) is 2.42. The number of aryl methyl sites for hydroxylation is 2. The van der Waals surface area contributed by atoms with Crippen LogP contribution in [0.5, 0.6) is 5.75 Å². The van der Waals surface area contributed by atoms with Crippen molar-refractivity contribution in [1.29, 1.82) is 0 Å². The van der Waals surface area contributed by atoms with Gasteiger partial charge in [0, 0.05) is 31.6 Å². The Balaban J connectivity index is 1.42. The lowest BCUT2D eigenvalue weighted by Crippen LogP contribution is -2.36. The summed E-state index contributed by atoms with van der Waals surface area (Å²) in [5.41, 5.74) is 2.74. The van der Waals surface area contributed by atoms with E-state index < -0.39 is 0 Å². The molecule has 1 amide bonds. The second kappa shape index (κ2) is 6.87. The van der Waals surface area contributed by atoms with Gasteiger partial charge in [0.05, 0.1) is 6.54 Å². The van der Waals surface area contributed by atoms with Crippen LogP contribution in [0.1, 0.15) is 21.7 Å². The molecular weight excluding hydrogens is 340 g/mol. The number of carbonyl (C=O) groups is 1. The lowest BCUT2D eigenvalue weighted by molar-refractivity contribution is 0.0730. The second-order valence-electron chi connectivity index (χ2n) is 6.92. The second-order valence-corrected chi connectivity index (χ2v) is 6.92. The van der Waals surface area contributed by atoms with E-state index in [0.717, 1.165) is 23.6 Å². The lowest BCUT2D eigenvalue weighted by Gasteiger charge is -2.21. The molecule has 0 saturated carbocycles. The van der Waals surface area contributed by atoms with Crippen molar-refractivity contribution in [1.82, 2.24) is 19.7 Å². The van der Waals surface area contributed by atoms with Gasteiger partial charge in [-0.3, -0.25) is 9.48 Å². The number of hydrogen-bond donors (Lipinski definition) is 0. The van der Waals surface area contributed by atoms with E-state index in [-0.39, 0.29) is 12.0 Å². The molecule has 0 saturated heterocycles. The van der Waals surface area contributed by atoms with Crippen LogP contribution in [-0.4, -0.2) is 45.3 Å². The van der Waals surface area contributed by atoms with Crippen LogP contribution in [0.3, 0.4) is 0 Å². The molecule has 1 aliphatic heterocycles. The van der Waals surface area contributed by atoms with Gasteiger partial charge in [0.25, 0.3) is 5.91 Å². The van der Waals surface area contributed by atoms with E-state index in [1.807, 2.05) is 63.5 Å². The molecule has 0 N–H and O–H groups in total. The zero-order valence-corrected chi connectivity index (χ0v) is 15.7. The Hall–Kier alpha value is -3.15. The Morgan fingerprint density at radius 3 is 2.63 bits per heavy atom. The van der Waals surface area contributed by atoms with E-state index in [2.05, 4.69) is 16.1 Å². The van der Waals surface area contributed by atoms with Crippen LogP contribution >= 0.6 is 0 Å². The monoisotopic (exact) mass is 362 g/mol. The minimum atomic E-state index is -0.0220. The summed E-state index contributed by atoms with van der Waals surface area (Å²) < 4.78 is 7.68. The maximum atomic E-state index is 12.7. The van der Waals surface area contributed by atoms with Gasteiger partial charge in [-0.05, 0) is 30.7 Å². The maximum absolute atomic E-state index is 12.7. The Kier molecular flexibility index (Phi) is 4.39. The molecule has 1 aliphatic rings. The molecule has 2 heterocycles. The summed E-state index contributed by atoms with van der Waals surface area (Å²) in [6, 6.07) is 15.4. The normalized spacial score (nSPS) is 15.3. The molecule has 3 aromatic rings. The molecule has 0 spiro atoms. The number of likely N-dealkylation sites (N-methyl/N-ethyl adjacent to an activating group) is 1. The molecule has 6 heteroatoms. The van der Waals surface area contributed by atoms with E-state index >= 15 is 0 Å². The molecule has 2 aromatic carbocycles. The molecule has 1 atom stereocenters. The van der Waals surface area contributed by atoms with E-state index in [4.69, 9.17) is 4.74 Å². The molecule has 0 radical (unpaired) electrons. The van der Waals surface area contributed by atoms with Gasteiger partial charge >= 0.3 is 0 Å². The van der Waals surface area contributed by atoms with Crippen LogP contribution in [0.2, 0.25) is 0 Å². The molecule has 1 aromatic heterocycles.